The van der Waals surface area contributed by atoms with Crippen LogP contribution in [0.25, 0.3) is 0 Å². The minimum absolute atomic E-state index is 0.00182. The Bertz CT molecular complexity index is 425. The van der Waals surface area contributed by atoms with Crippen molar-refractivity contribution < 1.29 is 14.3 Å². The Labute approximate surface area is 115 Å². The molecule has 0 amide bonds. The zero-order chi connectivity index (χ0) is 14.6. The molecule has 0 bridgehead atoms. The van der Waals surface area contributed by atoms with Crippen molar-refractivity contribution in [2.45, 2.75) is 47.5 Å². The van der Waals surface area contributed by atoms with Crippen molar-refractivity contribution in [3.8, 4) is 0 Å². The molecule has 0 radical (unpaired) electrons. The number of hydrogen-bond donors (Lipinski definition) is 0. The van der Waals surface area contributed by atoms with Crippen LogP contribution in [-0.4, -0.2) is 18.2 Å². The van der Waals surface area contributed by atoms with Gasteiger partial charge in [0.2, 0.25) is 11.6 Å². The SMILES string of the molecule is CCCCOC1=C(C(C)C)C(=O)C(=O)C(C(C)C)=C1. The lowest BCUT2D eigenvalue weighted by Gasteiger charge is -2.22. The third kappa shape index (κ3) is 3.55. The summed E-state index contributed by atoms with van der Waals surface area (Å²) in [4.78, 5) is 24.2. The summed E-state index contributed by atoms with van der Waals surface area (Å²) in [6.45, 7) is 10.3. The normalized spacial score (nSPS) is 16.5. The Morgan fingerprint density at radius 3 is 2.16 bits per heavy atom. The summed E-state index contributed by atoms with van der Waals surface area (Å²) in [5, 5.41) is 0. The molecular weight excluding hydrogens is 240 g/mol. The summed E-state index contributed by atoms with van der Waals surface area (Å²) in [6, 6.07) is 0. The van der Waals surface area contributed by atoms with E-state index in [1.165, 1.54) is 0 Å². The molecule has 0 N–H and O–H groups in total. The van der Waals surface area contributed by atoms with E-state index >= 15 is 0 Å². The lowest BCUT2D eigenvalue weighted by molar-refractivity contribution is -0.133. The molecular formula is C16H24O3. The van der Waals surface area contributed by atoms with Gasteiger partial charge in [-0.05, 0) is 24.3 Å². The number of allylic oxidation sites excluding steroid dienone is 3. The molecule has 1 aliphatic rings. The zero-order valence-corrected chi connectivity index (χ0v) is 12.6. The maximum absolute atomic E-state index is 12.2. The number of rotatable bonds is 6. The minimum Gasteiger partial charge on any atom is -0.493 e. The maximum atomic E-state index is 12.2. The molecule has 1 aliphatic carbocycles. The molecule has 0 atom stereocenters. The van der Waals surface area contributed by atoms with Crippen molar-refractivity contribution >= 4 is 11.6 Å². The molecule has 0 aromatic carbocycles. The molecule has 0 aromatic heterocycles. The van der Waals surface area contributed by atoms with Crippen LogP contribution in [0.15, 0.2) is 23.0 Å². The van der Waals surface area contributed by atoms with E-state index in [1.54, 1.807) is 6.08 Å². The third-order valence-corrected chi connectivity index (χ3v) is 3.22. The first-order valence-corrected chi connectivity index (χ1v) is 7.07. The van der Waals surface area contributed by atoms with E-state index in [0.717, 1.165) is 12.8 Å². The zero-order valence-electron chi connectivity index (χ0n) is 12.6. The van der Waals surface area contributed by atoms with Crippen LogP contribution in [0.2, 0.25) is 0 Å². The largest absolute Gasteiger partial charge is 0.493 e. The van der Waals surface area contributed by atoms with Crippen LogP contribution < -0.4 is 0 Å². The fourth-order valence-electron chi connectivity index (χ4n) is 2.07. The van der Waals surface area contributed by atoms with E-state index in [9.17, 15) is 9.59 Å². The van der Waals surface area contributed by atoms with Crippen molar-refractivity contribution in [2.75, 3.05) is 6.61 Å². The van der Waals surface area contributed by atoms with Gasteiger partial charge in [-0.1, -0.05) is 41.0 Å². The fourth-order valence-corrected chi connectivity index (χ4v) is 2.07. The molecule has 0 saturated heterocycles. The number of carbonyl (C=O) groups excluding carboxylic acids is 2. The Hall–Kier alpha value is -1.38. The van der Waals surface area contributed by atoms with E-state index in [0.29, 0.717) is 23.5 Å². The van der Waals surface area contributed by atoms with Gasteiger partial charge in [-0.25, -0.2) is 0 Å². The number of Topliss-reactive ketones (excluding diaryl/α,β-unsaturated/α-hetero) is 2. The van der Waals surface area contributed by atoms with E-state index in [1.807, 2.05) is 27.7 Å². The Morgan fingerprint density at radius 2 is 1.68 bits per heavy atom. The number of ether oxygens (including phenoxy) is 1. The van der Waals surface area contributed by atoms with Crippen LogP contribution in [-0.2, 0) is 14.3 Å². The van der Waals surface area contributed by atoms with Gasteiger partial charge >= 0.3 is 0 Å². The van der Waals surface area contributed by atoms with Gasteiger partial charge in [0.15, 0.2) is 0 Å². The highest BCUT2D eigenvalue weighted by Crippen LogP contribution is 2.28. The average Bonchev–Trinajstić information content (AvgIpc) is 2.32. The van der Waals surface area contributed by atoms with Gasteiger partial charge in [0.1, 0.15) is 5.76 Å². The van der Waals surface area contributed by atoms with Gasteiger partial charge < -0.3 is 4.74 Å². The predicted molar refractivity (Wildman–Crippen MR) is 75.7 cm³/mol. The van der Waals surface area contributed by atoms with Crippen LogP contribution in [0.5, 0.6) is 0 Å². The molecule has 0 spiro atoms. The molecule has 0 aliphatic heterocycles. The summed E-state index contributed by atoms with van der Waals surface area (Å²) >= 11 is 0. The van der Waals surface area contributed by atoms with Gasteiger partial charge in [-0.3, -0.25) is 9.59 Å². The van der Waals surface area contributed by atoms with Gasteiger partial charge in [-0.2, -0.15) is 0 Å². The Balaban J connectivity index is 3.14. The Morgan fingerprint density at radius 1 is 1.05 bits per heavy atom. The van der Waals surface area contributed by atoms with Crippen LogP contribution >= 0.6 is 0 Å². The topological polar surface area (TPSA) is 43.4 Å². The number of unbranched alkanes of at least 4 members (excludes halogenated alkanes) is 1. The van der Waals surface area contributed by atoms with Crippen LogP contribution in [0.3, 0.4) is 0 Å². The van der Waals surface area contributed by atoms with E-state index in [4.69, 9.17) is 4.74 Å². The molecule has 3 nitrogen and oxygen atoms in total. The quantitative estimate of drug-likeness (QED) is 0.419. The maximum Gasteiger partial charge on any atom is 0.233 e. The molecule has 3 heteroatoms. The molecule has 19 heavy (non-hydrogen) atoms. The number of carbonyl (C=O) groups is 2. The number of hydrogen-bond acceptors (Lipinski definition) is 3. The van der Waals surface area contributed by atoms with E-state index in [-0.39, 0.29) is 17.6 Å². The monoisotopic (exact) mass is 264 g/mol. The Kier molecular flexibility index (Phi) is 5.52. The molecule has 1 rings (SSSR count). The second-order valence-electron chi connectivity index (χ2n) is 5.55. The molecule has 0 aromatic rings. The van der Waals surface area contributed by atoms with Gasteiger partial charge in [0.25, 0.3) is 0 Å². The standard InChI is InChI=1S/C16H24O3/c1-6-7-8-19-13-9-12(10(2)3)15(17)16(18)14(13)11(4)5/h9-11H,6-8H2,1-5H3. The molecule has 0 saturated carbocycles. The summed E-state index contributed by atoms with van der Waals surface area (Å²) < 4.78 is 5.73. The van der Waals surface area contributed by atoms with Crippen molar-refractivity contribution in [2.24, 2.45) is 11.8 Å². The highest BCUT2D eigenvalue weighted by atomic mass is 16.5. The molecule has 0 fully saturated rings. The van der Waals surface area contributed by atoms with Crippen LogP contribution in [0.4, 0.5) is 0 Å². The first-order chi connectivity index (χ1) is 8.90. The predicted octanol–water partition coefficient (Wildman–Crippen LogP) is 3.45. The number of ketones is 2. The molecule has 0 unspecified atom stereocenters. The third-order valence-electron chi connectivity index (χ3n) is 3.22. The second kappa shape index (κ2) is 6.69. The van der Waals surface area contributed by atoms with Crippen molar-refractivity contribution in [3.05, 3.63) is 23.0 Å². The van der Waals surface area contributed by atoms with Crippen LogP contribution in [0.1, 0.15) is 47.5 Å². The van der Waals surface area contributed by atoms with E-state index < -0.39 is 5.78 Å². The fraction of sp³-hybridized carbons (Fsp3) is 0.625. The first-order valence-electron chi connectivity index (χ1n) is 7.07. The lowest BCUT2D eigenvalue weighted by atomic mass is 9.84. The van der Waals surface area contributed by atoms with Gasteiger partial charge in [0, 0.05) is 11.1 Å². The summed E-state index contributed by atoms with van der Waals surface area (Å²) in [5.41, 5.74) is 1.08. The first kappa shape index (κ1) is 15.7. The van der Waals surface area contributed by atoms with Crippen molar-refractivity contribution in [1.82, 2.24) is 0 Å². The van der Waals surface area contributed by atoms with E-state index in [2.05, 4.69) is 6.92 Å². The minimum atomic E-state index is -0.396. The second-order valence-corrected chi connectivity index (χ2v) is 5.55. The smallest absolute Gasteiger partial charge is 0.233 e. The lowest BCUT2D eigenvalue weighted by Crippen LogP contribution is -2.28. The van der Waals surface area contributed by atoms with Crippen LogP contribution in [0, 0.1) is 11.8 Å². The highest BCUT2D eigenvalue weighted by Gasteiger charge is 2.33. The summed E-state index contributed by atoms with van der Waals surface area (Å²) in [5.74, 6) is -0.140. The average molecular weight is 264 g/mol. The van der Waals surface area contributed by atoms with Crippen molar-refractivity contribution in [1.29, 1.82) is 0 Å². The molecule has 0 heterocycles. The summed E-state index contributed by atoms with van der Waals surface area (Å²) in [7, 11) is 0. The van der Waals surface area contributed by atoms with Crippen molar-refractivity contribution in [3.63, 3.8) is 0 Å². The summed E-state index contributed by atoms with van der Waals surface area (Å²) in [6.07, 6.45) is 3.75. The van der Waals surface area contributed by atoms with Gasteiger partial charge in [-0.15, -0.1) is 0 Å². The highest BCUT2D eigenvalue weighted by molar-refractivity contribution is 6.50. The van der Waals surface area contributed by atoms with Gasteiger partial charge in [0.05, 0.1) is 6.61 Å². The molecule has 106 valence electrons.